The zero-order chi connectivity index (χ0) is 11.6. The Balaban J connectivity index is 3.38. The molecule has 2 atom stereocenters. The van der Waals surface area contributed by atoms with Crippen molar-refractivity contribution in [3.8, 4) is 0 Å². The van der Waals surface area contributed by atoms with E-state index >= 15 is 0 Å². The van der Waals surface area contributed by atoms with Gasteiger partial charge in [0, 0.05) is 5.41 Å². The Morgan fingerprint density at radius 2 is 1.14 bits per heavy atom. The maximum absolute atomic E-state index is 10.4. The van der Waals surface area contributed by atoms with Gasteiger partial charge in [-0.25, -0.2) is 0 Å². The average molecular weight is 200 g/mol. The monoisotopic (exact) mass is 200 g/mol. The van der Waals surface area contributed by atoms with Crippen LogP contribution in [0.3, 0.4) is 0 Å². The third kappa shape index (κ3) is 0.938. The second-order valence-corrected chi connectivity index (χ2v) is 6.52. The highest BCUT2D eigenvalue weighted by atomic mass is 16.3. The molecule has 0 spiro atoms. The molecule has 0 heterocycles. The molecule has 0 aromatic heterocycles. The number of aliphatic hydroxyl groups is 2. The van der Waals surface area contributed by atoms with E-state index in [1.54, 1.807) is 6.92 Å². The molecule has 2 unspecified atom stereocenters. The Hall–Kier alpha value is -0.0800. The lowest BCUT2D eigenvalue weighted by atomic mass is 9.59. The third-order valence-corrected chi connectivity index (χ3v) is 5.65. The number of rotatable bonds is 0. The predicted molar refractivity (Wildman–Crippen MR) is 58.0 cm³/mol. The summed E-state index contributed by atoms with van der Waals surface area (Å²) in [5, 5.41) is 20.6. The quantitative estimate of drug-likeness (QED) is 0.629. The fraction of sp³-hybridized carbons (Fsp3) is 1.00. The van der Waals surface area contributed by atoms with Crippen molar-refractivity contribution in [1.29, 1.82) is 0 Å². The van der Waals surface area contributed by atoms with Gasteiger partial charge >= 0.3 is 0 Å². The summed E-state index contributed by atoms with van der Waals surface area (Å²) < 4.78 is 0. The highest BCUT2D eigenvalue weighted by Crippen LogP contribution is 2.66. The van der Waals surface area contributed by atoms with Crippen LogP contribution in [0.4, 0.5) is 0 Å². The summed E-state index contributed by atoms with van der Waals surface area (Å²) in [6.07, 6.45) is -0.681. The van der Waals surface area contributed by atoms with Crippen LogP contribution in [0.15, 0.2) is 0 Å². The van der Waals surface area contributed by atoms with Gasteiger partial charge in [-0.1, -0.05) is 41.5 Å². The van der Waals surface area contributed by atoms with Gasteiger partial charge in [-0.05, 0) is 17.8 Å². The summed E-state index contributed by atoms with van der Waals surface area (Å²) in [7, 11) is 0. The highest BCUT2D eigenvalue weighted by molar-refractivity contribution is 5.18. The van der Waals surface area contributed by atoms with Gasteiger partial charge in [0.25, 0.3) is 0 Å². The standard InChI is InChI=1S/C12H24O2/c1-9(2)8(13)12(7,14)11(5,6)10(9,3)4/h8,13-14H,1-7H3. The van der Waals surface area contributed by atoms with Crippen LogP contribution in [0.25, 0.3) is 0 Å². The molecule has 1 rings (SSSR count). The van der Waals surface area contributed by atoms with Gasteiger partial charge in [-0.15, -0.1) is 0 Å². The van der Waals surface area contributed by atoms with Crippen LogP contribution in [0.1, 0.15) is 48.5 Å². The van der Waals surface area contributed by atoms with Crippen LogP contribution in [-0.4, -0.2) is 21.9 Å². The molecule has 1 fully saturated rings. The molecular formula is C12H24O2. The van der Waals surface area contributed by atoms with E-state index in [0.29, 0.717) is 0 Å². The van der Waals surface area contributed by atoms with Gasteiger partial charge in [0.2, 0.25) is 0 Å². The van der Waals surface area contributed by atoms with Crippen LogP contribution in [0.2, 0.25) is 0 Å². The molecule has 84 valence electrons. The van der Waals surface area contributed by atoms with Crippen LogP contribution in [0, 0.1) is 16.2 Å². The molecule has 0 aliphatic heterocycles. The molecule has 0 aromatic rings. The van der Waals surface area contributed by atoms with Crippen molar-refractivity contribution in [3.63, 3.8) is 0 Å². The van der Waals surface area contributed by atoms with Gasteiger partial charge in [0.15, 0.2) is 0 Å². The second kappa shape index (κ2) is 2.53. The van der Waals surface area contributed by atoms with Gasteiger partial charge in [0.1, 0.15) is 0 Å². The Labute approximate surface area is 87.3 Å². The first-order chi connectivity index (χ1) is 5.90. The summed E-state index contributed by atoms with van der Waals surface area (Å²) in [5.74, 6) is 0. The Morgan fingerprint density at radius 1 is 0.786 bits per heavy atom. The first kappa shape index (κ1) is 12.0. The SMILES string of the molecule is CC1(C)C(O)C(C)(O)C(C)(C)C1(C)C. The fourth-order valence-corrected chi connectivity index (χ4v) is 2.82. The first-order valence-corrected chi connectivity index (χ1v) is 5.31. The molecule has 0 aromatic carbocycles. The summed E-state index contributed by atoms with van der Waals surface area (Å²) in [6, 6.07) is 0. The zero-order valence-electron chi connectivity index (χ0n) is 10.5. The Kier molecular flexibility index (Phi) is 2.17. The molecule has 0 radical (unpaired) electrons. The summed E-state index contributed by atoms with van der Waals surface area (Å²) in [5.41, 5.74) is -1.72. The van der Waals surface area contributed by atoms with E-state index in [-0.39, 0.29) is 16.2 Å². The Morgan fingerprint density at radius 3 is 1.21 bits per heavy atom. The van der Waals surface area contributed by atoms with Gasteiger partial charge < -0.3 is 10.2 Å². The number of hydrogen-bond donors (Lipinski definition) is 2. The summed E-state index contributed by atoms with van der Waals surface area (Å²) in [6.45, 7) is 14.1. The van der Waals surface area contributed by atoms with Gasteiger partial charge in [-0.2, -0.15) is 0 Å². The smallest absolute Gasteiger partial charge is 0.0938 e. The molecule has 2 nitrogen and oxygen atoms in total. The molecule has 1 saturated carbocycles. The van der Waals surface area contributed by atoms with Crippen molar-refractivity contribution in [3.05, 3.63) is 0 Å². The molecule has 1 aliphatic carbocycles. The maximum Gasteiger partial charge on any atom is 0.0938 e. The van der Waals surface area contributed by atoms with Crippen molar-refractivity contribution < 1.29 is 10.2 Å². The van der Waals surface area contributed by atoms with Crippen molar-refractivity contribution >= 4 is 0 Å². The molecule has 1 aliphatic rings. The van der Waals surface area contributed by atoms with Crippen LogP contribution < -0.4 is 0 Å². The maximum atomic E-state index is 10.4. The second-order valence-electron chi connectivity index (χ2n) is 6.52. The van der Waals surface area contributed by atoms with Crippen molar-refractivity contribution in [2.45, 2.75) is 60.2 Å². The molecule has 0 saturated heterocycles. The largest absolute Gasteiger partial charge is 0.390 e. The average Bonchev–Trinajstić information content (AvgIpc) is 2.05. The van der Waals surface area contributed by atoms with E-state index in [0.717, 1.165) is 0 Å². The van der Waals surface area contributed by atoms with E-state index in [4.69, 9.17) is 0 Å². The minimum absolute atomic E-state index is 0.108. The van der Waals surface area contributed by atoms with E-state index in [2.05, 4.69) is 13.8 Å². The minimum Gasteiger partial charge on any atom is -0.390 e. The van der Waals surface area contributed by atoms with Crippen molar-refractivity contribution in [2.24, 2.45) is 16.2 Å². The van der Waals surface area contributed by atoms with E-state index in [1.165, 1.54) is 0 Å². The van der Waals surface area contributed by atoms with Gasteiger partial charge in [0.05, 0.1) is 11.7 Å². The van der Waals surface area contributed by atoms with Crippen LogP contribution in [0.5, 0.6) is 0 Å². The van der Waals surface area contributed by atoms with E-state index < -0.39 is 11.7 Å². The third-order valence-electron chi connectivity index (χ3n) is 5.65. The molecule has 2 heteroatoms. The van der Waals surface area contributed by atoms with E-state index in [9.17, 15) is 10.2 Å². The number of aliphatic hydroxyl groups excluding tert-OH is 1. The molecule has 2 N–H and O–H groups in total. The van der Waals surface area contributed by atoms with Gasteiger partial charge in [-0.3, -0.25) is 0 Å². The molecule has 0 amide bonds. The van der Waals surface area contributed by atoms with Crippen LogP contribution >= 0.6 is 0 Å². The van der Waals surface area contributed by atoms with E-state index in [1.807, 2.05) is 27.7 Å². The lowest BCUT2D eigenvalue weighted by Gasteiger charge is -2.45. The van der Waals surface area contributed by atoms with Crippen LogP contribution in [-0.2, 0) is 0 Å². The van der Waals surface area contributed by atoms with Crippen molar-refractivity contribution in [2.75, 3.05) is 0 Å². The molecule has 0 bridgehead atoms. The topological polar surface area (TPSA) is 40.5 Å². The predicted octanol–water partition coefficient (Wildman–Crippen LogP) is 2.19. The fourth-order valence-electron chi connectivity index (χ4n) is 2.82. The zero-order valence-corrected chi connectivity index (χ0v) is 10.5. The molecular weight excluding hydrogens is 176 g/mol. The summed E-state index contributed by atoms with van der Waals surface area (Å²) in [4.78, 5) is 0. The lowest BCUT2D eigenvalue weighted by Crippen LogP contribution is -2.48. The lowest BCUT2D eigenvalue weighted by molar-refractivity contribution is -0.115. The first-order valence-electron chi connectivity index (χ1n) is 5.31. The van der Waals surface area contributed by atoms with Crippen molar-refractivity contribution in [1.82, 2.24) is 0 Å². The molecule has 14 heavy (non-hydrogen) atoms. The highest BCUT2D eigenvalue weighted by Gasteiger charge is 2.69. The summed E-state index contributed by atoms with van der Waals surface area (Å²) >= 11 is 0. The number of hydrogen-bond acceptors (Lipinski definition) is 2. The normalized spacial score (nSPS) is 43.9. The minimum atomic E-state index is -1.03. The Bertz CT molecular complexity index is 223.